The third-order valence-corrected chi connectivity index (χ3v) is 7.56. The molecule has 0 spiro atoms. The van der Waals surface area contributed by atoms with Crippen LogP contribution in [0.2, 0.25) is 0 Å². The molecule has 1 aromatic heterocycles. The number of hydrogen-bond donors (Lipinski definition) is 0. The van der Waals surface area contributed by atoms with Gasteiger partial charge in [0.1, 0.15) is 5.82 Å². The summed E-state index contributed by atoms with van der Waals surface area (Å²) in [4.78, 5) is 4.64. The minimum atomic E-state index is -0.120. The van der Waals surface area contributed by atoms with Crippen molar-refractivity contribution < 1.29 is 4.39 Å². The van der Waals surface area contributed by atoms with E-state index >= 15 is 0 Å². The summed E-state index contributed by atoms with van der Waals surface area (Å²) >= 11 is 0. The lowest BCUT2D eigenvalue weighted by Crippen LogP contribution is -2.13. The van der Waals surface area contributed by atoms with Gasteiger partial charge in [0.2, 0.25) is 0 Å². The minimum Gasteiger partial charge on any atom is -0.256 e. The molecule has 2 aliphatic rings. The summed E-state index contributed by atoms with van der Waals surface area (Å²) in [5, 5.41) is 0. The highest BCUT2D eigenvalue weighted by Crippen LogP contribution is 2.39. The van der Waals surface area contributed by atoms with Crippen LogP contribution in [0.3, 0.4) is 0 Å². The van der Waals surface area contributed by atoms with Crippen LogP contribution < -0.4 is 0 Å². The SMILES string of the molecule is CCC[C@H]1CC[C@H](c2ccc(-c3ccc([C@H]4CC[C@H](C)CC4)cn3)c(F)c2)CC1. The lowest BCUT2D eigenvalue weighted by Gasteiger charge is -2.28. The predicted molar refractivity (Wildman–Crippen MR) is 120 cm³/mol. The molecule has 1 heterocycles. The Kier molecular flexibility index (Phi) is 6.67. The van der Waals surface area contributed by atoms with Crippen LogP contribution in [0.15, 0.2) is 36.5 Å². The summed E-state index contributed by atoms with van der Waals surface area (Å²) in [7, 11) is 0. The van der Waals surface area contributed by atoms with E-state index in [9.17, 15) is 4.39 Å². The molecule has 2 fully saturated rings. The summed E-state index contributed by atoms with van der Waals surface area (Å²) in [5.74, 6) is 2.77. The van der Waals surface area contributed by atoms with Gasteiger partial charge in [-0.1, -0.05) is 51.7 Å². The second kappa shape index (κ2) is 9.41. The zero-order valence-electron chi connectivity index (χ0n) is 18.2. The molecule has 0 saturated heterocycles. The average Bonchev–Trinajstić information content (AvgIpc) is 2.75. The minimum absolute atomic E-state index is 0.120. The van der Waals surface area contributed by atoms with Crippen molar-refractivity contribution in [1.29, 1.82) is 0 Å². The largest absolute Gasteiger partial charge is 0.256 e. The molecule has 156 valence electrons. The molecular formula is C27H36FN. The molecule has 2 aromatic rings. The lowest BCUT2D eigenvalue weighted by atomic mass is 9.77. The normalized spacial score (nSPS) is 27.7. The standard InChI is InChI=1S/C27H36FN/c1-3-4-20-7-11-21(12-8-20)23-13-15-25(26(28)17-23)27-16-14-24(18-29-27)22-9-5-19(2)6-10-22/h13-22H,3-12H2,1-2H3/t19-,20-,21-,22-. The van der Waals surface area contributed by atoms with Gasteiger partial charge >= 0.3 is 0 Å². The maximum atomic E-state index is 14.9. The molecule has 0 unspecified atom stereocenters. The monoisotopic (exact) mass is 393 g/mol. The Bertz CT molecular complexity index is 781. The predicted octanol–water partition coefficient (Wildman–Crippen LogP) is 8.26. The highest BCUT2D eigenvalue weighted by atomic mass is 19.1. The molecule has 0 atom stereocenters. The molecule has 2 heteroatoms. The highest BCUT2D eigenvalue weighted by Gasteiger charge is 2.23. The van der Waals surface area contributed by atoms with Gasteiger partial charge in [-0.15, -0.1) is 0 Å². The third kappa shape index (κ3) is 4.90. The summed E-state index contributed by atoms with van der Waals surface area (Å²) in [5.41, 5.74) is 3.89. The van der Waals surface area contributed by atoms with E-state index in [1.807, 2.05) is 18.3 Å². The first-order valence-electron chi connectivity index (χ1n) is 11.9. The van der Waals surface area contributed by atoms with Crippen molar-refractivity contribution in [3.05, 3.63) is 53.5 Å². The van der Waals surface area contributed by atoms with Crippen molar-refractivity contribution in [3.8, 4) is 11.3 Å². The van der Waals surface area contributed by atoms with Crippen molar-refractivity contribution in [3.63, 3.8) is 0 Å². The Morgan fingerprint density at radius 1 is 0.862 bits per heavy atom. The molecule has 2 aliphatic carbocycles. The molecule has 0 radical (unpaired) electrons. The molecule has 1 aromatic carbocycles. The fourth-order valence-corrected chi connectivity index (χ4v) is 5.59. The van der Waals surface area contributed by atoms with Crippen molar-refractivity contribution in [2.75, 3.05) is 0 Å². The van der Waals surface area contributed by atoms with Crippen LogP contribution in [0.5, 0.6) is 0 Å². The van der Waals surface area contributed by atoms with Crippen LogP contribution >= 0.6 is 0 Å². The van der Waals surface area contributed by atoms with E-state index in [0.29, 0.717) is 17.4 Å². The van der Waals surface area contributed by atoms with Gasteiger partial charge in [0.15, 0.2) is 0 Å². The van der Waals surface area contributed by atoms with Gasteiger partial charge in [-0.2, -0.15) is 0 Å². The molecular weight excluding hydrogens is 357 g/mol. The van der Waals surface area contributed by atoms with Crippen molar-refractivity contribution >= 4 is 0 Å². The third-order valence-electron chi connectivity index (χ3n) is 7.56. The molecule has 0 bridgehead atoms. The number of halogens is 1. The van der Waals surface area contributed by atoms with Crippen LogP contribution in [-0.4, -0.2) is 4.98 Å². The van der Waals surface area contributed by atoms with Gasteiger partial charge < -0.3 is 0 Å². The fraction of sp³-hybridized carbons (Fsp3) is 0.593. The van der Waals surface area contributed by atoms with E-state index in [0.717, 1.165) is 17.5 Å². The Labute approximate surface area is 176 Å². The number of rotatable bonds is 5. The summed E-state index contributed by atoms with van der Waals surface area (Å²) in [6.07, 6.45) is 14.7. The van der Waals surface area contributed by atoms with Crippen molar-refractivity contribution in [2.24, 2.45) is 11.8 Å². The zero-order chi connectivity index (χ0) is 20.2. The molecule has 0 aliphatic heterocycles. The molecule has 1 nitrogen and oxygen atoms in total. The number of pyridine rings is 1. The van der Waals surface area contributed by atoms with Gasteiger partial charge in [0, 0.05) is 11.8 Å². The Balaban J connectivity index is 1.43. The molecule has 0 N–H and O–H groups in total. The van der Waals surface area contributed by atoms with E-state index in [1.165, 1.54) is 75.3 Å². The summed E-state index contributed by atoms with van der Waals surface area (Å²) < 4.78 is 14.9. The van der Waals surface area contributed by atoms with Gasteiger partial charge in [-0.3, -0.25) is 4.98 Å². The number of benzene rings is 1. The van der Waals surface area contributed by atoms with Gasteiger partial charge in [-0.05, 0) is 91.5 Å². The smallest absolute Gasteiger partial charge is 0.132 e. The van der Waals surface area contributed by atoms with Crippen LogP contribution in [0.25, 0.3) is 11.3 Å². The molecule has 29 heavy (non-hydrogen) atoms. The Morgan fingerprint density at radius 2 is 1.52 bits per heavy atom. The first-order chi connectivity index (χ1) is 14.1. The summed E-state index contributed by atoms with van der Waals surface area (Å²) in [6.45, 7) is 4.62. The van der Waals surface area contributed by atoms with Crippen LogP contribution in [0.4, 0.5) is 4.39 Å². The quantitative estimate of drug-likeness (QED) is 0.498. The molecule has 4 rings (SSSR count). The van der Waals surface area contributed by atoms with E-state index in [2.05, 4.69) is 31.0 Å². The number of aromatic nitrogens is 1. The van der Waals surface area contributed by atoms with Crippen LogP contribution in [-0.2, 0) is 0 Å². The van der Waals surface area contributed by atoms with Gasteiger partial charge in [0.05, 0.1) is 5.69 Å². The molecule has 2 saturated carbocycles. The Hall–Kier alpha value is -1.70. The van der Waals surface area contributed by atoms with E-state index < -0.39 is 0 Å². The van der Waals surface area contributed by atoms with Gasteiger partial charge in [-0.25, -0.2) is 4.39 Å². The lowest BCUT2D eigenvalue weighted by molar-refractivity contribution is 0.308. The first-order valence-corrected chi connectivity index (χ1v) is 11.9. The number of hydrogen-bond acceptors (Lipinski definition) is 1. The maximum Gasteiger partial charge on any atom is 0.132 e. The second-order valence-electron chi connectivity index (χ2n) is 9.68. The van der Waals surface area contributed by atoms with E-state index in [4.69, 9.17) is 0 Å². The Morgan fingerprint density at radius 3 is 2.14 bits per heavy atom. The van der Waals surface area contributed by atoms with Crippen molar-refractivity contribution in [1.82, 2.24) is 4.98 Å². The van der Waals surface area contributed by atoms with Crippen molar-refractivity contribution in [2.45, 2.75) is 89.9 Å². The van der Waals surface area contributed by atoms with E-state index in [1.54, 1.807) is 6.07 Å². The highest BCUT2D eigenvalue weighted by molar-refractivity contribution is 5.60. The first kappa shape index (κ1) is 20.6. The summed E-state index contributed by atoms with van der Waals surface area (Å²) in [6, 6.07) is 10.1. The van der Waals surface area contributed by atoms with Crippen LogP contribution in [0.1, 0.15) is 101 Å². The second-order valence-corrected chi connectivity index (χ2v) is 9.68. The maximum absolute atomic E-state index is 14.9. The number of nitrogens with zero attached hydrogens (tertiary/aromatic N) is 1. The van der Waals surface area contributed by atoms with Gasteiger partial charge in [0.25, 0.3) is 0 Å². The average molecular weight is 394 g/mol. The molecule has 0 amide bonds. The topological polar surface area (TPSA) is 12.9 Å². The van der Waals surface area contributed by atoms with E-state index in [-0.39, 0.29) is 5.82 Å². The fourth-order valence-electron chi connectivity index (χ4n) is 5.59. The van der Waals surface area contributed by atoms with Crippen LogP contribution in [0, 0.1) is 17.7 Å². The zero-order valence-corrected chi connectivity index (χ0v) is 18.2.